The van der Waals surface area contributed by atoms with Crippen molar-refractivity contribution in [3.63, 3.8) is 0 Å². The molecule has 0 fully saturated rings. The lowest BCUT2D eigenvalue weighted by molar-refractivity contribution is 0.275. The van der Waals surface area contributed by atoms with Crippen LogP contribution in [0.5, 0.6) is 0 Å². The SMILES string of the molecule is Cc1c(C#N)c(-c2ccc(N)cc2)c(C)n1Cc1ccc(F)c(CO)c1. The van der Waals surface area contributed by atoms with E-state index in [9.17, 15) is 14.8 Å². The van der Waals surface area contributed by atoms with Crippen molar-refractivity contribution in [2.45, 2.75) is 27.0 Å². The van der Waals surface area contributed by atoms with Gasteiger partial charge in [0.1, 0.15) is 11.9 Å². The van der Waals surface area contributed by atoms with Gasteiger partial charge in [0.25, 0.3) is 0 Å². The molecular formula is C21H20FN3O. The lowest BCUT2D eigenvalue weighted by atomic mass is 10.0. The van der Waals surface area contributed by atoms with Gasteiger partial charge in [-0.15, -0.1) is 0 Å². The van der Waals surface area contributed by atoms with Crippen molar-refractivity contribution in [3.05, 3.63) is 76.4 Å². The number of aromatic nitrogens is 1. The normalized spacial score (nSPS) is 10.7. The molecule has 0 saturated carbocycles. The minimum absolute atomic E-state index is 0.268. The van der Waals surface area contributed by atoms with E-state index in [-0.39, 0.29) is 12.2 Å². The summed E-state index contributed by atoms with van der Waals surface area (Å²) >= 11 is 0. The molecule has 3 aromatic rings. The summed E-state index contributed by atoms with van der Waals surface area (Å²) < 4.78 is 15.7. The molecule has 0 unspecified atom stereocenters. The van der Waals surface area contributed by atoms with Crippen molar-refractivity contribution in [2.75, 3.05) is 5.73 Å². The average Bonchev–Trinajstić information content (AvgIpc) is 2.88. The van der Waals surface area contributed by atoms with Gasteiger partial charge in [0, 0.05) is 34.7 Å². The topological polar surface area (TPSA) is 75.0 Å². The highest BCUT2D eigenvalue weighted by molar-refractivity contribution is 5.76. The van der Waals surface area contributed by atoms with E-state index >= 15 is 0 Å². The molecule has 0 saturated heterocycles. The summed E-state index contributed by atoms with van der Waals surface area (Å²) in [7, 11) is 0. The maximum Gasteiger partial charge on any atom is 0.128 e. The molecule has 0 bridgehead atoms. The zero-order chi connectivity index (χ0) is 18.8. The van der Waals surface area contributed by atoms with Gasteiger partial charge in [-0.25, -0.2) is 4.39 Å². The van der Waals surface area contributed by atoms with Gasteiger partial charge in [0.05, 0.1) is 12.2 Å². The Morgan fingerprint density at radius 3 is 2.42 bits per heavy atom. The summed E-state index contributed by atoms with van der Waals surface area (Å²) in [6.45, 7) is 4.02. The zero-order valence-electron chi connectivity index (χ0n) is 14.8. The first-order valence-electron chi connectivity index (χ1n) is 8.30. The van der Waals surface area contributed by atoms with Crippen LogP contribution in [0.1, 0.15) is 28.1 Å². The second kappa shape index (κ2) is 7.03. The summed E-state index contributed by atoms with van der Waals surface area (Å²) in [5.41, 5.74) is 11.8. The lowest BCUT2D eigenvalue weighted by Gasteiger charge is -2.11. The Hall–Kier alpha value is -3.10. The predicted molar refractivity (Wildman–Crippen MR) is 99.9 cm³/mol. The molecule has 5 heteroatoms. The number of aliphatic hydroxyl groups is 1. The summed E-state index contributed by atoms with van der Waals surface area (Å²) in [6.07, 6.45) is 0. The lowest BCUT2D eigenvalue weighted by Crippen LogP contribution is -2.05. The van der Waals surface area contributed by atoms with E-state index < -0.39 is 5.82 Å². The van der Waals surface area contributed by atoms with Gasteiger partial charge in [-0.05, 0) is 49.2 Å². The number of nitriles is 1. The maximum absolute atomic E-state index is 13.6. The molecule has 0 spiro atoms. The number of nitrogens with two attached hydrogens (primary N) is 1. The van der Waals surface area contributed by atoms with Crippen LogP contribution in [0.25, 0.3) is 11.1 Å². The van der Waals surface area contributed by atoms with Crippen LogP contribution in [0.2, 0.25) is 0 Å². The first kappa shape index (κ1) is 17.7. The van der Waals surface area contributed by atoms with E-state index in [0.717, 1.165) is 28.1 Å². The van der Waals surface area contributed by atoms with Crippen molar-refractivity contribution < 1.29 is 9.50 Å². The van der Waals surface area contributed by atoms with Gasteiger partial charge >= 0.3 is 0 Å². The van der Waals surface area contributed by atoms with Crippen LogP contribution in [0.15, 0.2) is 42.5 Å². The smallest absolute Gasteiger partial charge is 0.128 e. The number of aliphatic hydroxyl groups excluding tert-OH is 1. The van der Waals surface area contributed by atoms with E-state index in [0.29, 0.717) is 17.8 Å². The first-order valence-corrected chi connectivity index (χ1v) is 8.30. The molecule has 1 heterocycles. The highest BCUT2D eigenvalue weighted by Crippen LogP contribution is 2.33. The maximum atomic E-state index is 13.6. The van der Waals surface area contributed by atoms with Crippen LogP contribution < -0.4 is 5.73 Å². The Morgan fingerprint density at radius 1 is 1.12 bits per heavy atom. The van der Waals surface area contributed by atoms with Crippen molar-refractivity contribution in [1.82, 2.24) is 4.57 Å². The van der Waals surface area contributed by atoms with Gasteiger partial charge < -0.3 is 15.4 Å². The first-order chi connectivity index (χ1) is 12.5. The third kappa shape index (κ3) is 3.07. The van der Waals surface area contributed by atoms with Crippen LogP contribution >= 0.6 is 0 Å². The highest BCUT2D eigenvalue weighted by Gasteiger charge is 2.19. The molecule has 4 nitrogen and oxygen atoms in total. The number of nitrogens with zero attached hydrogens (tertiary/aromatic N) is 2. The van der Waals surface area contributed by atoms with Gasteiger partial charge in [-0.2, -0.15) is 5.26 Å². The molecule has 3 rings (SSSR count). The number of benzene rings is 2. The molecule has 26 heavy (non-hydrogen) atoms. The molecule has 0 atom stereocenters. The molecule has 0 aliphatic heterocycles. The van der Waals surface area contributed by atoms with Crippen LogP contribution in [-0.2, 0) is 13.2 Å². The predicted octanol–water partition coefficient (Wildman–Crippen LogP) is 3.91. The number of nitrogen functional groups attached to an aromatic ring is 1. The van der Waals surface area contributed by atoms with Crippen molar-refractivity contribution >= 4 is 5.69 Å². The summed E-state index contributed by atoms with van der Waals surface area (Å²) in [5.74, 6) is -0.419. The Labute approximate surface area is 151 Å². The molecule has 0 radical (unpaired) electrons. The number of anilines is 1. The zero-order valence-corrected chi connectivity index (χ0v) is 14.8. The fourth-order valence-electron chi connectivity index (χ4n) is 3.29. The third-order valence-corrected chi connectivity index (χ3v) is 4.72. The van der Waals surface area contributed by atoms with Crippen LogP contribution in [-0.4, -0.2) is 9.67 Å². The number of halogens is 1. The Kier molecular flexibility index (Phi) is 4.79. The quantitative estimate of drug-likeness (QED) is 0.701. The molecular weight excluding hydrogens is 329 g/mol. The standard InChI is InChI=1S/C21H20FN3O/c1-13-19(10-23)21(16-4-6-18(24)7-5-16)14(2)25(13)11-15-3-8-20(22)17(9-15)12-26/h3-9,26H,11-12,24H2,1-2H3. The number of hydrogen-bond donors (Lipinski definition) is 2. The number of rotatable bonds is 4. The fraction of sp³-hybridized carbons (Fsp3) is 0.190. The monoisotopic (exact) mass is 349 g/mol. The van der Waals surface area contributed by atoms with Gasteiger partial charge in [0.2, 0.25) is 0 Å². The molecule has 3 N–H and O–H groups in total. The van der Waals surface area contributed by atoms with Crippen LogP contribution in [0, 0.1) is 31.0 Å². The Balaban J connectivity index is 2.09. The molecule has 132 valence electrons. The third-order valence-electron chi connectivity index (χ3n) is 4.72. The second-order valence-electron chi connectivity index (χ2n) is 6.32. The molecule has 1 aromatic heterocycles. The second-order valence-corrected chi connectivity index (χ2v) is 6.32. The van der Waals surface area contributed by atoms with Crippen LogP contribution in [0.4, 0.5) is 10.1 Å². The summed E-state index contributed by atoms with van der Waals surface area (Å²) in [6, 6.07) is 14.5. The Bertz CT molecular complexity index is 998. The Morgan fingerprint density at radius 2 is 1.81 bits per heavy atom. The van der Waals surface area contributed by atoms with E-state index in [1.165, 1.54) is 6.07 Å². The van der Waals surface area contributed by atoms with Gasteiger partial charge in [0.15, 0.2) is 0 Å². The highest BCUT2D eigenvalue weighted by atomic mass is 19.1. The molecule has 0 aliphatic carbocycles. The van der Waals surface area contributed by atoms with Gasteiger partial charge in [-0.3, -0.25) is 0 Å². The summed E-state index contributed by atoms with van der Waals surface area (Å²) in [5, 5.41) is 18.9. The summed E-state index contributed by atoms with van der Waals surface area (Å²) in [4.78, 5) is 0. The van der Waals surface area contributed by atoms with E-state index in [1.54, 1.807) is 12.1 Å². The average molecular weight is 349 g/mol. The van der Waals surface area contributed by atoms with Crippen molar-refractivity contribution in [3.8, 4) is 17.2 Å². The van der Waals surface area contributed by atoms with Crippen molar-refractivity contribution in [1.29, 1.82) is 5.26 Å². The van der Waals surface area contributed by atoms with Crippen molar-refractivity contribution in [2.24, 2.45) is 0 Å². The molecule has 0 aliphatic rings. The molecule has 2 aromatic carbocycles. The van der Waals surface area contributed by atoms with E-state index in [2.05, 4.69) is 6.07 Å². The minimum Gasteiger partial charge on any atom is -0.399 e. The minimum atomic E-state index is -0.419. The van der Waals surface area contributed by atoms with E-state index in [4.69, 9.17) is 5.73 Å². The van der Waals surface area contributed by atoms with E-state index in [1.807, 2.05) is 42.7 Å². The fourth-order valence-corrected chi connectivity index (χ4v) is 3.29. The van der Waals surface area contributed by atoms with Gasteiger partial charge in [-0.1, -0.05) is 18.2 Å². The number of hydrogen-bond acceptors (Lipinski definition) is 3. The van der Waals surface area contributed by atoms with Crippen LogP contribution in [0.3, 0.4) is 0 Å². The molecule has 0 amide bonds. The largest absolute Gasteiger partial charge is 0.399 e.